The predicted octanol–water partition coefficient (Wildman–Crippen LogP) is 0.852. The lowest BCUT2D eigenvalue weighted by Gasteiger charge is -2.35. The van der Waals surface area contributed by atoms with Crippen LogP contribution in [0.4, 0.5) is 13.2 Å². The summed E-state index contributed by atoms with van der Waals surface area (Å²) in [5.41, 5.74) is 0. The van der Waals surface area contributed by atoms with Gasteiger partial charge in [0.25, 0.3) is 0 Å². The molecule has 8 heteroatoms. The second kappa shape index (κ2) is 6.74. The molecular weight excluding hydrogens is 265 g/mol. The van der Waals surface area contributed by atoms with E-state index in [2.05, 4.69) is 5.32 Å². The van der Waals surface area contributed by atoms with Crippen LogP contribution in [0.25, 0.3) is 0 Å². The van der Waals surface area contributed by atoms with Crippen molar-refractivity contribution >= 4 is 11.9 Å². The van der Waals surface area contributed by atoms with Crippen LogP contribution in [0.3, 0.4) is 0 Å². The van der Waals surface area contributed by atoms with Gasteiger partial charge in [-0.15, -0.1) is 0 Å². The molecule has 0 spiro atoms. The summed E-state index contributed by atoms with van der Waals surface area (Å²) in [6, 6.07) is 0. The van der Waals surface area contributed by atoms with E-state index in [4.69, 9.17) is 9.90 Å². The van der Waals surface area contributed by atoms with Crippen LogP contribution in [0, 0.1) is 5.92 Å². The molecule has 0 atom stereocenters. The number of carboxylic acids is 1. The topological polar surface area (TPSA) is 69.6 Å². The van der Waals surface area contributed by atoms with E-state index in [1.807, 2.05) is 4.90 Å². The molecule has 0 unspecified atom stereocenters. The predicted molar refractivity (Wildman–Crippen MR) is 60.5 cm³/mol. The molecule has 0 radical (unpaired) electrons. The fourth-order valence-corrected chi connectivity index (χ4v) is 1.86. The van der Waals surface area contributed by atoms with Crippen molar-refractivity contribution in [3.63, 3.8) is 0 Å². The van der Waals surface area contributed by atoms with Crippen LogP contribution in [0.5, 0.6) is 0 Å². The number of alkyl halides is 3. The van der Waals surface area contributed by atoms with E-state index < -0.39 is 12.1 Å². The van der Waals surface area contributed by atoms with Crippen molar-refractivity contribution in [2.45, 2.75) is 25.4 Å². The summed E-state index contributed by atoms with van der Waals surface area (Å²) in [6.07, 6.45) is -1.80. The number of hydrogen-bond donors (Lipinski definition) is 2. The van der Waals surface area contributed by atoms with Crippen molar-refractivity contribution < 1.29 is 27.9 Å². The van der Waals surface area contributed by atoms with E-state index in [1.165, 1.54) is 6.42 Å². The van der Waals surface area contributed by atoms with Gasteiger partial charge in [-0.3, -0.25) is 4.79 Å². The molecule has 2 aliphatic rings. The lowest BCUT2D eigenvalue weighted by atomic mass is 9.95. The smallest absolute Gasteiger partial charge is 0.475 e. The van der Waals surface area contributed by atoms with Crippen molar-refractivity contribution in [3.8, 4) is 0 Å². The van der Waals surface area contributed by atoms with Gasteiger partial charge in [-0.05, 0) is 32.4 Å². The van der Waals surface area contributed by atoms with Crippen molar-refractivity contribution in [2.75, 3.05) is 26.2 Å². The number of piperidine rings is 1. The summed E-state index contributed by atoms with van der Waals surface area (Å²) < 4.78 is 31.7. The molecule has 2 fully saturated rings. The normalized spacial score (nSPS) is 20.1. The lowest BCUT2D eigenvalue weighted by Crippen LogP contribution is -2.47. The molecule has 0 bridgehead atoms. The van der Waals surface area contributed by atoms with Gasteiger partial charge in [0.05, 0.1) is 0 Å². The molecule has 2 aliphatic heterocycles. The Bertz CT molecular complexity index is 324. The van der Waals surface area contributed by atoms with Crippen LogP contribution in [-0.2, 0) is 9.59 Å². The molecule has 0 aliphatic carbocycles. The van der Waals surface area contributed by atoms with E-state index in [0.29, 0.717) is 11.8 Å². The highest BCUT2D eigenvalue weighted by atomic mass is 19.4. The van der Waals surface area contributed by atoms with Gasteiger partial charge in [0.15, 0.2) is 0 Å². The Labute approximate surface area is 108 Å². The van der Waals surface area contributed by atoms with Gasteiger partial charge in [-0.2, -0.15) is 13.2 Å². The van der Waals surface area contributed by atoms with Gasteiger partial charge >= 0.3 is 12.1 Å². The number of carboxylic acid groups (broad SMARTS) is 1. The van der Waals surface area contributed by atoms with E-state index in [1.54, 1.807) is 0 Å². The summed E-state index contributed by atoms with van der Waals surface area (Å²) in [7, 11) is 0. The Morgan fingerprint density at radius 3 is 1.95 bits per heavy atom. The molecule has 0 saturated carbocycles. The SMILES string of the molecule is O=C(C1CCNCC1)N1CCC1.O=C(O)C(F)(F)F. The molecule has 2 N–H and O–H groups in total. The van der Waals surface area contributed by atoms with Gasteiger partial charge in [-0.25, -0.2) is 4.79 Å². The number of carbonyl (C=O) groups is 2. The summed E-state index contributed by atoms with van der Waals surface area (Å²) in [5, 5.41) is 10.4. The van der Waals surface area contributed by atoms with Crippen LogP contribution >= 0.6 is 0 Å². The van der Waals surface area contributed by atoms with Crippen LogP contribution in [0.2, 0.25) is 0 Å². The standard InChI is InChI=1S/C9H16N2O.C2HF3O2/c12-9(11-6-1-7-11)8-2-4-10-5-3-8;3-2(4,5)1(6)7/h8,10H,1-7H2;(H,6,7). The lowest BCUT2D eigenvalue weighted by molar-refractivity contribution is -0.192. The minimum atomic E-state index is -5.08. The van der Waals surface area contributed by atoms with Gasteiger partial charge in [-0.1, -0.05) is 0 Å². The largest absolute Gasteiger partial charge is 0.490 e. The van der Waals surface area contributed by atoms with Gasteiger partial charge in [0.1, 0.15) is 0 Å². The number of carbonyl (C=O) groups excluding carboxylic acids is 1. The highest BCUT2D eigenvalue weighted by Crippen LogP contribution is 2.18. The average molecular weight is 282 g/mol. The maximum Gasteiger partial charge on any atom is 0.490 e. The third-order valence-corrected chi connectivity index (χ3v) is 3.10. The molecule has 110 valence electrons. The fourth-order valence-electron chi connectivity index (χ4n) is 1.86. The molecular formula is C11H17F3N2O3. The highest BCUT2D eigenvalue weighted by molar-refractivity contribution is 5.79. The fraction of sp³-hybridized carbons (Fsp3) is 0.818. The first-order chi connectivity index (χ1) is 8.82. The first-order valence-electron chi connectivity index (χ1n) is 6.12. The Hall–Kier alpha value is -1.31. The van der Waals surface area contributed by atoms with Crippen LogP contribution in [0.1, 0.15) is 19.3 Å². The molecule has 0 aromatic heterocycles. The van der Waals surface area contributed by atoms with Crippen molar-refractivity contribution in [2.24, 2.45) is 5.92 Å². The third-order valence-electron chi connectivity index (χ3n) is 3.10. The quantitative estimate of drug-likeness (QED) is 0.748. The molecule has 1 amide bonds. The van der Waals surface area contributed by atoms with E-state index in [0.717, 1.165) is 39.0 Å². The number of halogens is 3. The Balaban J connectivity index is 0.000000224. The zero-order chi connectivity index (χ0) is 14.5. The first-order valence-corrected chi connectivity index (χ1v) is 6.12. The Kier molecular flexibility index (Phi) is 5.59. The molecule has 2 heterocycles. The minimum absolute atomic E-state index is 0.326. The van der Waals surface area contributed by atoms with Crippen LogP contribution in [0.15, 0.2) is 0 Å². The molecule has 0 aromatic carbocycles. The molecule has 19 heavy (non-hydrogen) atoms. The zero-order valence-electron chi connectivity index (χ0n) is 10.4. The maximum absolute atomic E-state index is 11.7. The number of rotatable bonds is 1. The molecule has 2 saturated heterocycles. The highest BCUT2D eigenvalue weighted by Gasteiger charge is 2.38. The number of nitrogens with zero attached hydrogens (tertiary/aromatic N) is 1. The monoisotopic (exact) mass is 282 g/mol. The van der Waals surface area contributed by atoms with E-state index >= 15 is 0 Å². The van der Waals surface area contributed by atoms with Crippen LogP contribution < -0.4 is 5.32 Å². The maximum atomic E-state index is 11.7. The zero-order valence-corrected chi connectivity index (χ0v) is 10.4. The van der Waals surface area contributed by atoms with Crippen molar-refractivity contribution in [3.05, 3.63) is 0 Å². The van der Waals surface area contributed by atoms with Crippen molar-refractivity contribution in [1.29, 1.82) is 0 Å². The number of likely N-dealkylation sites (tertiary alicyclic amines) is 1. The molecule has 5 nitrogen and oxygen atoms in total. The van der Waals surface area contributed by atoms with Crippen molar-refractivity contribution in [1.82, 2.24) is 10.2 Å². The van der Waals surface area contributed by atoms with Gasteiger partial charge in [0, 0.05) is 19.0 Å². The second-order valence-corrected chi connectivity index (χ2v) is 4.51. The first kappa shape index (κ1) is 15.7. The number of aliphatic carboxylic acids is 1. The summed E-state index contributed by atoms with van der Waals surface area (Å²) >= 11 is 0. The second-order valence-electron chi connectivity index (χ2n) is 4.51. The van der Waals surface area contributed by atoms with Gasteiger partial charge in [0.2, 0.25) is 5.91 Å². The summed E-state index contributed by atoms with van der Waals surface area (Å²) in [5.74, 6) is -2.03. The Morgan fingerprint density at radius 1 is 1.16 bits per heavy atom. The minimum Gasteiger partial charge on any atom is -0.475 e. The number of nitrogens with one attached hydrogen (secondary N) is 1. The van der Waals surface area contributed by atoms with E-state index in [-0.39, 0.29) is 0 Å². The third kappa shape index (κ3) is 5.06. The molecule has 0 aromatic rings. The van der Waals surface area contributed by atoms with Gasteiger partial charge < -0.3 is 15.3 Å². The summed E-state index contributed by atoms with van der Waals surface area (Å²) in [4.78, 5) is 22.6. The number of hydrogen-bond acceptors (Lipinski definition) is 3. The van der Waals surface area contributed by atoms with Crippen LogP contribution in [-0.4, -0.2) is 54.2 Å². The summed E-state index contributed by atoms with van der Waals surface area (Å²) in [6.45, 7) is 4.04. The Morgan fingerprint density at radius 2 is 1.63 bits per heavy atom. The number of amides is 1. The molecule has 2 rings (SSSR count). The average Bonchev–Trinajstić information content (AvgIpc) is 2.27. The van der Waals surface area contributed by atoms with E-state index in [9.17, 15) is 18.0 Å².